The summed E-state index contributed by atoms with van der Waals surface area (Å²) in [6.07, 6.45) is 2.68. The smallest absolute Gasteiger partial charge is 0.255 e. The number of fused-ring (bicyclic) bond motifs is 1. The van der Waals surface area contributed by atoms with Gasteiger partial charge < -0.3 is 4.90 Å². The second-order valence-corrected chi connectivity index (χ2v) is 6.08. The lowest BCUT2D eigenvalue weighted by Crippen LogP contribution is -2.30. The molecule has 3 rings (SSSR count). The zero-order valence-electron chi connectivity index (χ0n) is 11.5. The van der Waals surface area contributed by atoms with Crippen molar-refractivity contribution in [2.45, 2.75) is 27.2 Å². The molecule has 1 N–H and O–H groups in total. The van der Waals surface area contributed by atoms with E-state index in [1.807, 2.05) is 17.9 Å². The van der Waals surface area contributed by atoms with Crippen LogP contribution in [0.25, 0.3) is 11.0 Å². The van der Waals surface area contributed by atoms with Crippen LogP contribution < -0.4 is 0 Å². The predicted octanol–water partition coefficient (Wildman–Crippen LogP) is 2.14. The molecule has 5 heteroatoms. The van der Waals surface area contributed by atoms with E-state index >= 15 is 0 Å². The Balaban J connectivity index is 1.91. The van der Waals surface area contributed by atoms with Crippen molar-refractivity contribution in [1.82, 2.24) is 20.1 Å². The SMILES string of the molecule is Cc1[nH]nc2ncc(C(=O)N3CCC(C)(C)C3)cc12. The molecule has 5 nitrogen and oxygen atoms in total. The van der Waals surface area contributed by atoms with Crippen LogP contribution in [0.1, 0.15) is 36.3 Å². The van der Waals surface area contributed by atoms with Crippen molar-refractivity contribution in [3.63, 3.8) is 0 Å². The second-order valence-electron chi connectivity index (χ2n) is 6.08. The molecule has 1 aliphatic heterocycles. The normalized spacial score (nSPS) is 18.2. The number of pyridine rings is 1. The lowest BCUT2D eigenvalue weighted by Gasteiger charge is -2.19. The minimum Gasteiger partial charge on any atom is -0.338 e. The van der Waals surface area contributed by atoms with Gasteiger partial charge in [0.1, 0.15) is 0 Å². The third-order valence-electron chi connectivity index (χ3n) is 3.81. The minimum absolute atomic E-state index is 0.0700. The highest BCUT2D eigenvalue weighted by Gasteiger charge is 2.32. The van der Waals surface area contributed by atoms with Crippen LogP contribution in [-0.2, 0) is 0 Å². The highest BCUT2D eigenvalue weighted by molar-refractivity contribution is 5.97. The van der Waals surface area contributed by atoms with Gasteiger partial charge in [-0.15, -0.1) is 0 Å². The highest BCUT2D eigenvalue weighted by Crippen LogP contribution is 2.30. The van der Waals surface area contributed by atoms with Gasteiger partial charge in [-0.3, -0.25) is 9.89 Å². The topological polar surface area (TPSA) is 61.9 Å². The van der Waals surface area contributed by atoms with E-state index in [0.29, 0.717) is 11.2 Å². The number of nitrogens with zero attached hydrogens (tertiary/aromatic N) is 3. The van der Waals surface area contributed by atoms with Crippen LogP contribution in [0.4, 0.5) is 0 Å². The Labute approximate surface area is 112 Å². The van der Waals surface area contributed by atoms with Gasteiger partial charge in [0.15, 0.2) is 5.65 Å². The number of likely N-dealkylation sites (tertiary alicyclic amines) is 1. The summed E-state index contributed by atoms with van der Waals surface area (Å²) in [6.45, 7) is 7.97. The maximum atomic E-state index is 12.5. The van der Waals surface area contributed by atoms with E-state index in [2.05, 4.69) is 29.0 Å². The minimum atomic E-state index is 0.0700. The van der Waals surface area contributed by atoms with Gasteiger partial charge in [-0.2, -0.15) is 5.10 Å². The lowest BCUT2D eigenvalue weighted by atomic mass is 9.93. The van der Waals surface area contributed by atoms with Crippen molar-refractivity contribution < 1.29 is 4.79 Å². The Morgan fingerprint density at radius 2 is 2.26 bits per heavy atom. The fraction of sp³-hybridized carbons (Fsp3) is 0.500. The van der Waals surface area contributed by atoms with Gasteiger partial charge >= 0.3 is 0 Å². The zero-order valence-corrected chi connectivity index (χ0v) is 11.5. The molecule has 0 bridgehead atoms. The Hall–Kier alpha value is -1.91. The molecule has 0 unspecified atom stereocenters. The molecule has 0 aliphatic carbocycles. The molecule has 0 saturated carbocycles. The summed E-state index contributed by atoms with van der Waals surface area (Å²) in [5.74, 6) is 0.0700. The standard InChI is InChI=1S/C14H18N4O/c1-9-11-6-10(7-15-12(11)17-16-9)13(19)18-5-4-14(2,3)8-18/h6-7H,4-5,8H2,1-3H3,(H,15,16,17). The molecule has 1 aliphatic rings. The third kappa shape index (κ3) is 2.09. The molecule has 19 heavy (non-hydrogen) atoms. The quantitative estimate of drug-likeness (QED) is 0.852. The number of nitrogens with one attached hydrogen (secondary N) is 1. The van der Waals surface area contributed by atoms with Crippen LogP contribution in [0.3, 0.4) is 0 Å². The molecule has 2 aromatic rings. The number of aromatic amines is 1. The molecule has 100 valence electrons. The third-order valence-corrected chi connectivity index (χ3v) is 3.81. The summed E-state index contributed by atoms with van der Waals surface area (Å²) in [7, 11) is 0. The van der Waals surface area contributed by atoms with E-state index in [1.165, 1.54) is 0 Å². The number of aryl methyl sites for hydroxylation is 1. The highest BCUT2D eigenvalue weighted by atomic mass is 16.2. The summed E-state index contributed by atoms with van der Waals surface area (Å²) >= 11 is 0. The van der Waals surface area contributed by atoms with Crippen LogP contribution in [0.15, 0.2) is 12.3 Å². The van der Waals surface area contributed by atoms with Crippen molar-refractivity contribution >= 4 is 16.9 Å². The first-order valence-electron chi connectivity index (χ1n) is 6.56. The number of hydrogen-bond donors (Lipinski definition) is 1. The zero-order chi connectivity index (χ0) is 13.6. The summed E-state index contributed by atoms with van der Waals surface area (Å²) in [6, 6.07) is 1.88. The fourth-order valence-electron chi connectivity index (χ4n) is 2.60. The molecule has 3 heterocycles. The number of rotatable bonds is 1. The van der Waals surface area contributed by atoms with Gasteiger partial charge in [0.25, 0.3) is 5.91 Å². The number of carbonyl (C=O) groups is 1. The monoisotopic (exact) mass is 258 g/mol. The van der Waals surface area contributed by atoms with Crippen LogP contribution in [0.5, 0.6) is 0 Å². The molecular weight excluding hydrogens is 240 g/mol. The van der Waals surface area contributed by atoms with Crippen LogP contribution >= 0.6 is 0 Å². The van der Waals surface area contributed by atoms with Crippen LogP contribution in [-0.4, -0.2) is 39.1 Å². The molecule has 1 amide bonds. The van der Waals surface area contributed by atoms with Gasteiger partial charge in [0.05, 0.1) is 5.56 Å². The fourth-order valence-corrected chi connectivity index (χ4v) is 2.60. The van der Waals surface area contributed by atoms with E-state index in [0.717, 1.165) is 30.6 Å². The number of hydrogen-bond acceptors (Lipinski definition) is 3. The van der Waals surface area contributed by atoms with Crippen LogP contribution in [0, 0.1) is 12.3 Å². The average molecular weight is 258 g/mol. The summed E-state index contributed by atoms with van der Waals surface area (Å²) in [5, 5.41) is 7.89. The number of carbonyl (C=O) groups excluding carboxylic acids is 1. The first-order chi connectivity index (χ1) is 8.96. The van der Waals surface area contributed by atoms with Crippen LogP contribution in [0.2, 0.25) is 0 Å². The number of aromatic nitrogens is 3. The van der Waals surface area contributed by atoms with Crippen molar-refractivity contribution in [2.24, 2.45) is 5.41 Å². The largest absolute Gasteiger partial charge is 0.338 e. The van der Waals surface area contributed by atoms with E-state index < -0.39 is 0 Å². The first-order valence-corrected chi connectivity index (χ1v) is 6.56. The first kappa shape index (κ1) is 12.1. The Morgan fingerprint density at radius 3 is 2.95 bits per heavy atom. The molecular formula is C14H18N4O. The van der Waals surface area contributed by atoms with E-state index in [1.54, 1.807) is 6.20 Å². The maximum Gasteiger partial charge on any atom is 0.255 e. The van der Waals surface area contributed by atoms with Gasteiger partial charge in [0.2, 0.25) is 0 Å². The van der Waals surface area contributed by atoms with E-state index in [9.17, 15) is 4.79 Å². The van der Waals surface area contributed by atoms with E-state index in [4.69, 9.17) is 0 Å². The number of H-pyrrole nitrogens is 1. The molecule has 0 spiro atoms. The van der Waals surface area contributed by atoms with Crippen molar-refractivity contribution in [3.8, 4) is 0 Å². The Bertz CT molecular complexity index is 644. The second kappa shape index (κ2) is 4.05. The molecule has 2 aromatic heterocycles. The van der Waals surface area contributed by atoms with Gasteiger partial charge in [-0.25, -0.2) is 4.98 Å². The Kier molecular flexibility index (Phi) is 2.59. The number of amides is 1. The van der Waals surface area contributed by atoms with Gasteiger partial charge in [-0.1, -0.05) is 13.8 Å². The molecule has 0 radical (unpaired) electrons. The maximum absolute atomic E-state index is 12.5. The molecule has 1 saturated heterocycles. The van der Waals surface area contributed by atoms with E-state index in [-0.39, 0.29) is 11.3 Å². The molecule has 1 fully saturated rings. The average Bonchev–Trinajstić information content (AvgIpc) is 2.92. The van der Waals surface area contributed by atoms with Crippen molar-refractivity contribution in [1.29, 1.82) is 0 Å². The summed E-state index contributed by atoms with van der Waals surface area (Å²) < 4.78 is 0. The molecule has 0 aromatic carbocycles. The summed E-state index contributed by atoms with van der Waals surface area (Å²) in [4.78, 5) is 18.6. The van der Waals surface area contributed by atoms with Gasteiger partial charge in [0, 0.05) is 30.4 Å². The predicted molar refractivity (Wildman–Crippen MR) is 72.9 cm³/mol. The summed E-state index contributed by atoms with van der Waals surface area (Å²) in [5.41, 5.74) is 2.48. The van der Waals surface area contributed by atoms with Crippen molar-refractivity contribution in [2.75, 3.05) is 13.1 Å². The lowest BCUT2D eigenvalue weighted by molar-refractivity contribution is 0.0778. The van der Waals surface area contributed by atoms with Gasteiger partial charge in [-0.05, 0) is 24.8 Å². The molecule has 0 atom stereocenters. The Morgan fingerprint density at radius 1 is 1.47 bits per heavy atom. The van der Waals surface area contributed by atoms with Crippen molar-refractivity contribution in [3.05, 3.63) is 23.5 Å².